The van der Waals surface area contributed by atoms with Gasteiger partial charge in [0.2, 0.25) is 0 Å². The Kier molecular flexibility index (Phi) is 8.24. The molecule has 0 saturated heterocycles. The van der Waals surface area contributed by atoms with E-state index >= 15 is 0 Å². The van der Waals surface area contributed by atoms with Crippen molar-refractivity contribution in [1.82, 2.24) is 10.4 Å². The number of methoxy groups -OCH3 is 1. The maximum atomic E-state index is 5.87. The quantitative estimate of drug-likeness (QED) is 0.123. The van der Waals surface area contributed by atoms with E-state index in [1.54, 1.807) is 24.7 Å². The van der Waals surface area contributed by atoms with Gasteiger partial charge in [0, 0.05) is 0 Å². The summed E-state index contributed by atoms with van der Waals surface area (Å²) in [5.41, 5.74) is 5.74. The molecule has 4 aromatic rings. The molecular formula is C27H28N4O2S. The van der Waals surface area contributed by atoms with Crippen LogP contribution in [0.15, 0.2) is 82.9 Å². The fraction of sp³-hybridized carbons (Fsp3) is 0.222. The lowest BCUT2D eigenvalue weighted by molar-refractivity contribution is 0.286. The minimum atomic E-state index is 0.589. The number of hydrazone groups is 1. The molecule has 1 heterocycles. The summed E-state index contributed by atoms with van der Waals surface area (Å²) in [5, 5.41) is 5.21. The molecule has 174 valence electrons. The van der Waals surface area contributed by atoms with Gasteiger partial charge in [-0.05, 0) is 54.4 Å². The first-order valence-electron chi connectivity index (χ1n) is 11.4. The first-order chi connectivity index (χ1) is 16.8. The van der Waals surface area contributed by atoms with Crippen molar-refractivity contribution < 1.29 is 9.47 Å². The zero-order valence-electron chi connectivity index (χ0n) is 19.4. The van der Waals surface area contributed by atoms with Gasteiger partial charge in [-0.15, -0.1) is 11.3 Å². The molecule has 1 aromatic heterocycles. The normalized spacial score (nSPS) is 11.8. The molecule has 0 aliphatic rings. The van der Waals surface area contributed by atoms with Gasteiger partial charge in [-0.1, -0.05) is 50.1 Å². The second-order valence-corrected chi connectivity index (χ2v) is 8.65. The maximum Gasteiger partial charge on any atom is 0.183 e. The van der Waals surface area contributed by atoms with Crippen LogP contribution in [0.5, 0.6) is 11.5 Å². The Balaban J connectivity index is 1.53. The van der Waals surface area contributed by atoms with E-state index in [1.807, 2.05) is 66.7 Å². The minimum absolute atomic E-state index is 0.589. The number of para-hydroxylation sites is 2. The van der Waals surface area contributed by atoms with E-state index < -0.39 is 0 Å². The van der Waals surface area contributed by atoms with Gasteiger partial charge in [-0.2, -0.15) is 5.10 Å². The summed E-state index contributed by atoms with van der Waals surface area (Å²) in [6.07, 6.45) is 5.08. The van der Waals surface area contributed by atoms with Crippen LogP contribution in [-0.2, 0) is 0 Å². The van der Waals surface area contributed by atoms with Crippen molar-refractivity contribution in [1.29, 1.82) is 0 Å². The molecule has 0 aliphatic carbocycles. The number of aliphatic imine (C=N–C) groups is 1. The Labute approximate surface area is 204 Å². The van der Waals surface area contributed by atoms with E-state index in [2.05, 4.69) is 23.5 Å². The molecule has 0 bridgehead atoms. The molecule has 0 aliphatic heterocycles. The molecule has 6 nitrogen and oxygen atoms in total. The van der Waals surface area contributed by atoms with E-state index in [0.717, 1.165) is 51.5 Å². The van der Waals surface area contributed by atoms with Crippen molar-refractivity contribution in [2.45, 2.75) is 26.2 Å². The number of hydrogen-bond donors (Lipinski definition) is 1. The van der Waals surface area contributed by atoms with Crippen molar-refractivity contribution in [3.8, 4) is 11.5 Å². The predicted octanol–water partition coefficient (Wildman–Crippen LogP) is 6.58. The third-order valence-electron chi connectivity index (χ3n) is 5.07. The van der Waals surface area contributed by atoms with Crippen molar-refractivity contribution in [2.24, 2.45) is 10.1 Å². The van der Waals surface area contributed by atoms with Crippen LogP contribution in [0.3, 0.4) is 0 Å². The van der Waals surface area contributed by atoms with E-state index in [1.165, 1.54) is 0 Å². The number of nitrogens with one attached hydrogen (secondary N) is 1. The summed E-state index contributed by atoms with van der Waals surface area (Å²) >= 11 is 1.58. The molecule has 0 atom stereocenters. The average molecular weight is 473 g/mol. The number of rotatable bonds is 10. The summed E-state index contributed by atoms with van der Waals surface area (Å²) in [6.45, 7) is 2.86. The number of aromatic nitrogens is 1. The molecule has 1 N–H and O–H groups in total. The van der Waals surface area contributed by atoms with Crippen molar-refractivity contribution in [3.63, 3.8) is 0 Å². The van der Waals surface area contributed by atoms with Crippen LogP contribution >= 0.6 is 11.3 Å². The molecule has 3 aromatic carbocycles. The lowest BCUT2D eigenvalue weighted by atomic mass is 10.2. The fourth-order valence-corrected chi connectivity index (χ4v) is 4.22. The third-order valence-corrected chi connectivity index (χ3v) is 6.11. The standard InChI is InChI=1S/C27H28N4O2S/c1-3-4-10-17-33-23-16-15-20(18-24(23)32-2)19-28-31-26(29-21-11-6-5-7-12-21)27-30-22-13-8-9-14-25(22)34-27/h5-9,11-16,18-19H,3-4,10,17H2,1-2H3,(H,29,31)/b28-19+. The molecule has 0 saturated carbocycles. The highest BCUT2D eigenvalue weighted by molar-refractivity contribution is 7.20. The highest BCUT2D eigenvalue weighted by Crippen LogP contribution is 2.28. The molecule has 7 heteroatoms. The molecule has 0 amide bonds. The van der Waals surface area contributed by atoms with E-state index in [4.69, 9.17) is 19.5 Å². The molecule has 4 rings (SSSR count). The second-order valence-electron chi connectivity index (χ2n) is 7.62. The molecule has 34 heavy (non-hydrogen) atoms. The number of hydrogen-bond acceptors (Lipinski definition) is 6. The summed E-state index contributed by atoms with van der Waals surface area (Å²) in [5.74, 6) is 2.01. The van der Waals surface area contributed by atoms with Crippen molar-refractivity contribution in [3.05, 3.63) is 83.4 Å². The van der Waals surface area contributed by atoms with Gasteiger partial charge in [0.05, 0.1) is 35.8 Å². The van der Waals surface area contributed by atoms with E-state index in [9.17, 15) is 0 Å². The number of amidine groups is 1. The first-order valence-corrected chi connectivity index (χ1v) is 12.2. The van der Waals surface area contributed by atoms with Crippen LogP contribution in [0.4, 0.5) is 5.69 Å². The highest BCUT2D eigenvalue weighted by Gasteiger charge is 2.11. The van der Waals surface area contributed by atoms with E-state index in [0.29, 0.717) is 18.2 Å². The molecule has 0 unspecified atom stereocenters. The number of nitrogens with zero attached hydrogens (tertiary/aromatic N) is 3. The Morgan fingerprint density at radius 1 is 1.00 bits per heavy atom. The summed E-state index contributed by atoms with van der Waals surface area (Å²) in [4.78, 5) is 9.48. The largest absolute Gasteiger partial charge is 0.493 e. The fourth-order valence-electron chi connectivity index (χ4n) is 3.31. The van der Waals surface area contributed by atoms with Crippen LogP contribution in [0, 0.1) is 0 Å². The van der Waals surface area contributed by atoms with Crippen LogP contribution in [0.2, 0.25) is 0 Å². The summed E-state index contributed by atoms with van der Waals surface area (Å²) in [7, 11) is 1.64. The number of fused-ring (bicyclic) bond motifs is 1. The van der Waals surface area contributed by atoms with Gasteiger partial charge >= 0.3 is 0 Å². The molecule has 0 radical (unpaired) electrons. The van der Waals surface area contributed by atoms with Crippen LogP contribution < -0.4 is 14.9 Å². The van der Waals surface area contributed by atoms with Crippen LogP contribution in [0.1, 0.15) is 36.8 Å². The predicted molar refractivity (Wildman–Crippen MR) is 141 cm³/mol. The lowest BCUT2D eigenvalue weighted by Crippen LogP contribution is -2.18. The maximum absolute atomic E-state index is 5.87. The van der Waals surface area contributed by atoms with Gasteiger partial charge < -0.3 is 9.47 Å². The van der Waals surface area contributed by atoms with Crippen molar-refractivity contribution in [2.75, 3.05) is 13.7 Å². The molecule has 0 spiro atoms. The van der Waals surface area contributed by atoms with Gasteiger partial charge in [-0.25, -0.2) is 9.98 Å². The van der Waals surface area contributed by atoms with Crippen molar-refractivity contribution >= 4 is 39.3 Å². The Bertz CT molecular complexity index is 1240. The Morgan fingerprint density at radius 3 is 2.62 bits per heavy atom. The molecular weight excluding hydrogens is 444 g/mol. The smallest absolute Gasteiger partial charge is 0.183 e. The summed E-state index contributed by atoms with van der Waals surface area (Å²) in [6, 6.07) is 23.6. The SMILES string of the molecule is CCCCCOc1ccc(/C=N/NC(=Nc2ccccc2)c2nc3ccccc3s2)cc1OC. The number of unbranched alkanes of at least 4 members (excludes halogenated alkanes) is 2. The Hall–Kier alpha value is -3.71. The van der Waals surface area contributed by atoms with Crippen LogP contribution in [-0.4, -0.2) is 30.8 Å². The zero-order chi connectivity index (χ0) is 23.6. The second kappa shape index (κ2) is 12.0. The third kappa shape index (κ3) is 6.20. The Morgan fingerprint density at radius 2 is 1.82 bits per heavy atom. The number of benzene rings is 3. The van der Waals surface area contributed by atoms with Gasteiger partial charge in [-0.3, -0.25) is 5.43 Å². The lowest BCUT2D eigenvalue weighted by Gasteiger charge is -2.11. The average Bonchev–Trinajstić information content (AvgIpc) is 3.31. The number of thiazole rings is 1. The minimum Gasteiger partial charge on any atom is -0.493 e. The highest BCUT2D eigenvalue weighted by atomic mass is 32.1. The molecule has 0 fully saturated rings. The van der Waals surface area contributed by atoms with Crippen LogP contribution in [0.25, 0.3) is 10.2 Å². The topological polar surface area (TPSA) is 68.1 Å². The van der Waals surface area contributed by atoms with Gasteiger partial charge in [0.15, 0.2) is 22.3 Å². The monoisotopic (exact) mass is 472 g/mol. The van der Waals surface area contributed by atoms with Gasteiger partial charge in [0.1, 0.15) is 0 Å². The zero-order valence-corrected chi connectivity index (χ0v) is 20.2. The van der Waals surface area contributed by atoms with Gasteiger partial charge in [0.25, 0.3) is 0 Å². The summed E-state index contributed by atoms with van der Waals surface area (Å²) < 4.78 is 12.5. The first kappa shape index (κ1) is 23.4. The van der Waals surface area contributed by atoms with E-state index in [-0.39, 0.29) is 0 Å². The number of ether oxygens (including phenoxy) is 2.